The summed E-state index contributed by atoms with van der Waals surface area (Å²) in [5.41, 5.74) is 1.30. The monoisotopic (exact) mass is 348 g/mol. The number of likely N-dealkylation sites (tertiary alicyclic amines) is 1. The third-order valence-corrected chi connectivity index (χ3v) is 5.18. The highest BCUT2D eigenvalue weighted by Gasteiger charge is 2.28. The van der Waals surface area contributed by atoms with Gasteiger partial charge in [0.15, 0.2) is 0 Å². The first-order valence-electron chi connectivity index (χ1n) is 8.71. The number of carbonyl (C=O) groups excluding carboxylic acids is 2. The maximum atomic E-state index is 13.0. The van der Waals surface area contributed by atoms with Crippen LogP contribution in [-0.2, 0) is 9.59 Å². The molecule has 0 spiro atoms. The third-order valence-electron chi connectivity index (χ3n) is 4.54. The minimum atomic E-state index is -0.399. The molecule has 132 valence electrons. The van der Waals surface area contributed by atoms with Gasteiger partial charge in [0.25, 0.3) is 0 Å². The van der Waals surface area contributed by atoms with E-state index in [2.05, 4.69) is 29.6 Å². The Labute approximate surface area is 149 Å². The minimum absolute atomic E-state index is 0.0714. The predicted octanol–water partition coefficient (Wildman–Crippen LogP) is 3.04. The number of benzene rings is 1. The molecule has 2 atom stereocenters. The number of nitrogens with one attached hydrogen (secondary N) is 1. The zero-order valence-electron chi connectivity index (χ0n) is 14.7. The van der Waals surface area contributed by atoms with Gasteiger partial charge in [0.2, 0.25) is 11.8 Å². The highest BCUT2D eigenvalue weighted by Crippen LogP contribution is 2.26. The summed E-state index contributed by atoms with van der Waals surface area (Å²) in [4.78, 5) is 26.4. The number of hydrogen-bond acceptors (Lipinski definition) is 3. The maximum Gasteiger partial charge on any atom is 0.245 e. The SMILES string of the molecule is CSCC[C@@H](NC(C)=O)C(=O)N1CCCC[C@@H](c2ccccc2)C1. The van der Waals surface area contributed by atoms with E-state index in [0.29, 0.717) is 12.3 Å². The van der Waals surface area contributed by atoms with Crippen molar-refractivity contribution in [1.82, 2.24) is 10.2 Å². The zero-order valence-corrected chi connectivity index (χ0v) is 15.5. The van der Waals surface area contributed by atoms with Crippen LogP contribution in [0.1, 0.15) is 44.1 Å². The summed E-state index contributed by atoms with van der Waals surface area (Å²) in [7, 11) is 0. The van der Waals surface area contributed by atoms with Gasteiger partial charge in [0, 0.05) is 25.9 Å². The van der Waals surface area contributed by atoms with E-state index in [0.717, 1.165) is 38.1 Å². The lowest BCUT2D eigenvalue weighted by molar-refractivity contribution is -0.136. The molecular formula is C19H28N2O2S. The van der Waals surface area contributed by atoms with E-state index in [1.807, 2.05) is 17.2 Å². The highest BCUT2D eigenvalue weighted by atomic mass is 32.2. The molecule has 4 nitrogen and oxygen atoms in total. The van der Waals surface area contributed by atoms with E-state index in [9.17, 15) is 9.59 Å². The Morgan fingerprint density at radius 3 is 2.71 bits per heavy atom. The van der Waals surface area contributed by atoms with Gasteiger partial charge in [-0.2, -0.15) is 11.8 Å². The topological polar surface area (TPSA) is 49.4 Å². The van der Waals surface area contributed by atoms with Crippen molar-refractivity contribution < 1.29 is 9.59 Å². The van der Waals surface area contributed by atoms with Gasteiger partial charge in [-0.15, -0.1) is 0 Å². The first kappa shape index (κ1) is 18.8. The van der Waals surface area contributed by atoms with Gasteiger partial charge >= 0.3 is 0 Å². The summed E-state index contributed by atoms with van der Waals surface area (Å²) >= 11 is 1.70. The molecule has 5 heteroatoms. The molecule has 1 saturated heterocycles. The van der Waals surface area contributed by atoms with Crippen LogP contribution >= 0.6 is 11.8 Å². The first-order valence-corrected chi connectivity index (χ1v) is 10.1. The van der Waals surface area contributed by atoms with Gasteiger partial charge in [-0.3, -0.25) is 9.59 Å². The molecule has 1 N–H and O–H groups in total. The molecule has 2 amide bonds. The normalized spacial score (nSPS) is 19.4. The maximum absolute atomic E-state index is 13.0. The zero-order chi connectivity index (χ0) is 17.4. The van der Waals surface area contributed by atoms with Gasteiger partial charge in [-0.1, -0.05) is 36.8 Å². The van der Waals surface area contributed by atoms with Crippen LogP contribution in [0.25, 0.3) is 0 Å². The fourth-order valence-electron chi connectivity index (χ4n) is 3.30. The van der Waals surface area contributed by atoms with E-state index in [1.54, 1.807) is 11.8 Å². The number of amides is 2. The van der Waals surface area contributed by atoms with Crippen molar-refractivity contribution in [2.45, 2.75) is 44.6 Å². The lowest BCUT2D eigenvalue weighted by atomic mass is 9.94. The Hall–Kier alpha value is -1.49. The minimum Gasteiger partial charge on any atom is -0.345 e. The Morgan fingerprint density at radius 2 is 2.04 bits per heavy atom. The Balaban J connectivity index is 2.08. The predicted molar refractivity (Wildman–Crippen MR) is 100 cm³/mol. The standard InChI is InChI=1S/C19H28N2O2S/c1-15(22)20-18(11-13-24-2)19(23)21-12-7-6-10-17(14-21)16-8-4-3-5-9-16/h3-5,8-9,17-18H,6-7,10-14H2,1-2H3,(H,20,22)/t17-,18-/m1/s1. The molecule has 0 saturated carbocycles. The Bertz CT molecular complexity index is 535. The summed E-state index contributed by atoms with van der Waals surface area (Å²) in [6.45, 7) is 3.02. The van der Waals surface area contributed by atoms with E-state index >= 15 is 0 Å². The molecule has 0 unspecified atom stereocenters. The summed E-state index contributed by atoms with van der Waals surface area (Å²) in [5.74, 6) is 1.19. The second-order valence-electron chi connectivity index (χ2n) is 6.42. The summed E-state index contributed by atoms with van der Waals surface area (Å²) in [6, 6.07) is 10.0. The van der Waals surface area contributed by atoms with Gasteiger partial charge in [-0.25, -0.2) is 0 Å². The largest absolute Gasteiger partial charge is 0.345 e. The molecule has 1 heterocycles. The lowest BCUT2D eigenvalue weighted by Crippen LogP contribution is -2.49. The van der Waals surface area contributed by atoms with Crippen LogP contribution in [0.2, 0.25) is 0 Å². The van der Waals surface area contributed by atoms with Gasteiger partial charge in [-0.05, 0) is 36.8 Å². The number of nitrogens with zero attached hydrogens (tertiary/aromatic N) is 1. The van der Waals surface area contributed by atoms with Crippen molar-refractivity contribution in [3.63, 3.8) is 0 Å². The van der Waals surface area contributed by atoms with Crippen LogP contribution < -0.4 is 5.32 Å². The smallest absolute Gasteiger partial charge is 0.245 e. The van der Waals surface area contributed by atoms with Crippen LogP contribution in [-0.4, -0.2) is 47.9 Å². The Kier molecular flexibility index (Phi) is 7.63. The fraction of sp³-hybridized carbons (Fsp3) is 0.579. The van der Waals surface area contributed by atoms with Crippen molar-refractivity contribution >= 4 is 23.6 Å². The number of thioether (sulfide) groups is 1. The first-order chi connectivity index (χ1) is 11.6. The lowest BCUT2D eigenvalue weighted by Gasteiger charge is -2.29. The van der Waals surface area contributed by atoms with Crippen LogP contribution in [0.15, 0.2) is 30.3 Å². The third kappa shape index (κ3) is 5.55. The van der Waals surface area contributed by atoms with Gasteiger partial charge in [0.05, 0.1) is 0 Å². The van der Waals surface area contributed by atoms with Crippen molar-refractivity contribution in [1.29, 1.82) is 0 Å². The number of hydrogen-bond donors (Lipinski definition) is 1. The van der Waals surface area contributed by atoms with Crippen molar-refractivity contribution in [3.05, 3.63) is 35.9 Å². The molecule has 0 bridgehead atoms. The highest BCUT2D eigenvalue weighted by molar-refractivity contribution is 7.98. The summed E-state index contributed by atoms with van der Waals surface area (Å²) < 4.78 is 0. The van der Waals surface area contributed by atoms with Gasteiger partial charge in [0.1, 0.15) is 6.04 Å². The van der Waals surface area contributed by atoms with E-state index in [4.69, 9.17) is 0 Å². The molecule has 0 radical (unpaired) electrons. The molecular weight excluding hydrogens is 320 g/mol. The van der Waals surface area contributed by atoms with Crippen molar-refractivity contribution in [2.75, 3.05) is 25.1 Å². The van der Waals surface area contributed by atoms with Crippen molar-refractivity contribution in [2.24, 2.45) is 0 Å². The summed E-state index contributed by atoms with van der Waals surface area (Å²) in [6.07, 6.45) is 5.99. The molecule has 0 aromatic heterocycles. The number of carbonyl (C=O) groups is 2. The second-order valence-corrected chi connectivity index (χ2v) is 7.41. The molecule has 1 aromatic carbocycles. The molecule has 0 aliphatic carbocycles. The molecule has 1 aliphatic rings. The van der Waals surface area contributed by atoms with Crippen LogP contribution in [0.4, 0.5) is 0 Å². The quantitative estimate of drug-likeness (QED) is 0.860. The average molecular weight is 349 g/mol. The van der Waals surface area contributed by atoms with Crippen LogP contribution in [0.3, 0.4) is 0 Å². The fourth-order valence-corrected chi connectivity index (χ4v) is 3.77. The second kappa shape index (κ2) is 9.72. The van der Waals surface area contributed by atoms with E-state index < -0.39 is 6.04 Å². The van der Waals surface area contributed by atoms with Crippen LogP contribution in [0.5, 0.6) is 0 Å². The molecule has 24 heavy (non-hydrogen) atoms. The molecule has 1 aliphatic heterocycles. The van der Waals surface area contributed by atoms with E-state index in [-0.39, 0.29) is 11.8 Å². The van der Waals surface area contributed by atoms with Crippen molar-refractivity contribution in [3.8, 4) is 0 Å². The Morgan fingerprint density at radius 1 is 1.29 bits per heavy atom. The van der Waals surface area contributed by atoms with E-state index in [1.165, 1.54) is 12.5 Å². The molecule has 2 rings (SSSR count). The van der Waals surface area contributed by atoms with Crippen LogP contribution in [0, 0.1) is 0 Å². The molecule has 1 fully saturated rings. The van der Waals surface area contributed by atoms with Gasteiger partial charge < -0.3 is 10.2 Å². The number of rotatable bonds is 6. The summed E-state index contributed by atoms with van der Waals surface area (Å²) in [5, 5.41) is 2.84. The average Bonchev–Trinajstić information content (AvgIpc) is 2.84. The molecule has 1 aromatic rings.